The largest absolute Gasteiger partial charge is 0.496 e. The minimum atomic E-state index is -0.187. The number of benzene rings is 2. The van der Waals surface area contributed by atoms with Crippen LogP contribution < -0.4 is 10.1 Å². The summed E-state index contributed by atoms with van der Waals surface area (Å²) in [7, 11) is 1.59. The van der Waals surface area contributed by atoms with E-state index in [9.17, 15) is 9.59 Å². The van der Waals surface area contributed by atoms with Crippen LogP contribution in [0, 0.1) is 0 Å². The molecule has 0 aliphatic carbocycles. The van der Waals surface area contributed by atoms with Gasteiger partial charge in [-0.05, 0) is 30.2 Å². The molecule has 0 saturated carbocycles. The minimum Gasteiger partial charge on any atom is -0.496 e. The Morgan fingerprint density at radius 1 is 1.21 bits per heavy atom. The van der Waals surface area contributed by atoms with Gasteiger partial charge in [0.05, 0.1) is 12.0 Å². The number of thioether (sulfide) groups is 1. The summed E-state index contributed by atoms with van der Waals surface area (Å²) in [6, 6.07) is 15.2. The highest BCUT2D eigenvalue weighted by Gasteiger charge is 2.32. The van der Waals surface area contributed by atoms with Crippen LogP contribution in [-0.2, 0) is 16.0 Å². The molecule has 5 nitrogen and oxygen atoms in total. The molecule has 7 heteroatoms. The number of anilines is 1. The lowest BCUT2D eigenvalue weighted by atomic mass is 10.1. The molecule has 3 rings (SSSR count). The number of carbonyl (C=O) groups excluding carboxylic acids is 2. The second kappa shape index (κ2) is 9.71. The van der Waals surface area contributed by atoms with Gasteiger partial charge in [0.25, 0.3) is 5.91 Å². The Balaban J connectivity index is 1.64. The summed E-state index contributed by atoms with van der Waals surface area (Å²) < 4.78 is 5.79. The van der Waals surface area contributed by atoms with Crippen molar-refractivity contribution in [3.05, 3.63) is 64.6 Å². The molecular weight excluding hydrogens is 404 g/mol. The molecule has 2 amide bonds. The zero-order valence-corrected chi connectivity index (χ0v) is 17.9. The molecule has 150 valence electrons. The third-order valence-corrected chi connectivity index (χ3v) is 5.91. The molecule has 1 fully saturated rings. The number of aryl methyl sites for hydroxylation is 1. The number of carbonyl (C=O) groups is 2. The first-order valence-electron chi connectivity index (χ1n) is 9.29. The van der Waals surface area contributed by atoms with Crippen molar-refractivity contribution in [2.45, 2.75) is 19.8 Å². The summed E-state index contributed by atoms with van der Waals surface area (Å²) >= 11 is 6.60. The van der Waals surface area contributed by atoms with E-state index in [1.807, 2.05) is 55.5 Å². The van der Waals surface area contributed by atoms with Gasteiger partial charge in [0.2, 0.25) is 5.91 Å². The molecule has 1 N–H and O–H groups in total. The van der Waals surface area contributed by atoms with Crippen LogP contribution in [-0.4, -0.2) is 34.7 Å². The number of ether oxygens (including phenoxy) is 1. The fourth-order valence-corrected chi connectivity index (χ4v) is 4.30. The standard InChI is InChI=1S/C22H22N2O3S2/c1-3-15-8-4-6-10-17(15)23-20(25)12-13-24-21(26)19(29-22(24)28)14-16-9-5-7-11-18(16)27-2/h4-11,14H,3,12-13H2,1-2H3,(H,23,25). The highest BCUT2D eigenvalue weighted by atomic mass is 32.2. The lowest BCUT2D eigenvalue weighted by Gasteiger charge is -2.15. The summed E-state index contributed by atoms with van der Waals surface area (Å²) in [4.78, 5) is 27.1. The average Bonchev–Trinajstić information content (AvgIpc) is 3.00. The molecule has 1 aliphatic rings. The van der Waals surface area contributed by atoms with Crippen LogP contribution in [0.4, 0.5) is 5.69 Å². The van der Waals surface area contributed by atoms with Gasteiger partial charge < -0.3 is 10.1 Å². The maximum atomic E-state index is 12.8. The van der Waals surface area contributed by atoms with Crippen molar-refractivity contribution in [2.75, 3.05) is 19.0 Å². The van der Waals surface area contributed by atoms with Crippen LogP contribution in [0.2, 0.25) is 0 Å². The smallest absolute Gasteiger partial charge is 0.266 e. The average molecular weight is 427 g/mol. The Hall–Kier alpha value is -2.64. The van der Waals surface area contributed by atoms with Crippen LogP contribution in [0.1, 0.15) is 24.5 Å². The van der Waals surface area contributed by atoms with E-state index in [2.05, 4.69) is 5.32 Å². The predicted molar refractivity (Wildman–Crippen MR) is 122 cm³/mol. The number of amides is 2. The summed E-state index contributed by atoms with van der Waals surface area (Å²) in [5, 5.41) is 2.92. The lowest BCUT2D eigenvalue weighted by molar-refractivity contribution is -0.122. The van der Waals surface area contributed by atoms with Gasteiger partial charge in [-0.1, -0.05) is 67.3 Å². The molecule has 0 spiro atoms. The molecule has 0 unspecified atom stereocenters. The summed E-state index contributed by atoms with van der Waals surface area (Å²) in [5.41, 5.74) is 2.69. The number of para-hydroxylation sites is 2. The van der Waals surface area contributed by atoms with E-state index < -0.39 is 0 Å². The van der Waals surface area contributed by atoms with Crippen molar-refractivity contribution in [1.82, 2.24) is 4.90 Å². The van der Waals surface area contributed by atoms with E-state index in [0.29, 0.717) is 15.0 Å². The highest BCUT2D eigenvalue weighted by Crippen LogP contribution is 2.34. The zero-order chi connectivity index (χ0) is 20.8. The fraction of sp³-hybridized carbons (Fsp3) is 0.227. The van der Waals surface area contributed by atoms with Gasteiger partial charge in [-0.15, -0.1) is 0 Å². The molecule has 1 aliphatic heterocycles. The first kappa shape index (κ1) is 21.1. The monoisotopic (exact) mass is 426 g/mol. The SMILES string of the molecule is CCc1ccccc1NC(=O)CCN1C(=O)C(=Cc2ccccc2OC)SC1=S. The van der Waals surface area contributed by atoms with Crippen molar-refractivity contribution < 1.29 is 14.3 Å². The quantitative estimate of drug-likeness (QED) is 0.522. The number of thiocarbonyl (C=S) groups is 1. The van der Waals surface area contributed by atoms with Crippen LogP contribution >= 0.6 is 24.0 Å². The second-order valence-electron chi connectivity index (χ2n) is 6.38. The highest BCUT2D eigenvalue weighted by molar-refractivity contribution is 8.26. The van der Waals surface area contributed by atoms with Gasteiger partial charge in [0.15, 0.2) is 0 Å². The van der Waals surface area contributed by atoms with Gasteiger partial charge in [-0.3, -0.25) is 14.5 Å². The van der Waals surface area contributed by atoms with Crippen molar-refractivity contribution >= 4 is 51.9 Å². The van der Waals surface area contributed by atoms with Gasteiger partial charge in [0.1, 0.15) is 10.1 Å². The molecule has 0 aromatic heterocycles. The van der Waals surface area contributed by atoms with Gasteiger partial charge in [0, 0.05) is 24.2 Å². The summed E-state index contributed by atoms with van der Waals surface area (Å²) in [5.74, 6) is 0.355. The molecule has 0 radical (unpaired) electrons. The van der Waals surface area contributed by atoms with E-state index in [0.717, 1.165) is 23.2 Å². The second-order valence-corrected chi connectivity index (χ2v) is 8.06. The Morgan fingerprint density at radius 2 is 1.93 bits per heavy atom. The first-order chi connectivity index (χ1) is 14.0. The third-order valence-electron chi connectivity index (χ3n) is 4.53. The maximum Gasteiger partial charge on any atom is 0.266 e. The minimum absolute atomic E-state index is 0.145. The molecule has 2 aromatic rings. The number of hydrogen-bond acceptors (Lipinski definition) is 5. The van der Waals surface area contributed by atoms with E-state index in [1.165, 1.54) is 16.7 Å². The van der Waals surface area contributed by atoms with E-state index in [4.69, 9.17) is 17.0 Å². The summed E-state index contributed by atoms with van der Waals surface area (Å²) in [6.45, 7) is 2.28. The molecular formula is C22H22N2O3S2. The van der Waals surface area contributed by atoms with E-state index in [1.54, 1.807) is 13.2 Å². The third kappa shape index (κ3) is 5.05. The maximum absolute atomic E-state index is 12.8. The number of nitrogens with one attached hydrogen (secondary N) is 1. The number of hydrogen-bond donors (Lipinski definition) is 1. The van der Waals surface area contributed by atoms with Gasteiger partial charge in [-0.2, -0.15) is 0 Å². The normalized spacial score (nSPS) is 15.1. The van der Waals surface area contributed by atoms with Crippen LogP contribution in [0.25, 0.3) is 6.08 Å². The van der Waals surface area contributed by atoms with E-state index in [-0.39, 0.29) is 24.8 Å². The van der Waals surface area contributed by atoms with Crippen molar-refractivity contribution in [3.8, 4) is 5.75 Å². The zero-order valence-electron chi connectivity index (χ0n) is 16.3. The van der Waals surface area contributed by atoms with Gasteiger partial charge in [-0.25, -0.2) is 0 Å². The van der Waals surface area contributed by atoms with E-state index >= 15 is 0 Å². The Labute approximate surface area is 180 Å². The fourth-order valence-electron chi connectivity index (χ4n) is 3.00. The van der Waals surface area contributed by atoms with Crippen molar-refractivity contribution in [3.63, 3.8) is 0 Å². The number of methoxy groups -OCH3 is 1. The van der Waals surface area contributed by atoms with Crippen LogP contribution in [0.15, 0.2) is 53.4 Å². The van der Waals surface area contributed by atoms with Crippen LogP contribution in [0.5, 0.6) is 5.75 Å². The topological polar surface area (TPSA) is 58.6 Å². The lowest BCUT2D eigenvalue weighted by Crippen LogP contribution is -2.31. The van der Waals surface area contributed by atoms with Gasteiger partial charge >= 0.3 is 0 Å². The molecule has 1 saturated heterocycles. The number of rotatable bonds is 7. The van der Waals surface area contributed by atoms with Crippen molar-refractivity contribution in [2.24, 2.45) is 0 Å². The predicted octanol–water partition coefficient (Wildman–Crippen LogP) is 4.49. The molecule has 0 bridgehead atoms. The Morgan fingerprint density at radius 3 is 2.69 bits per heavy atom. The molecule has 2 aromatic carbocycles. The summed E-state index contributed by atoms with van der Waals surface area (Å²) in [6.07, 6.45) is 2.78. The first-order valence-corrected chi connectivity index (χ1v) is 10.5. The Bertz CT molecular complexity index is 972. The van der Waals surface area contributed by atoms with Crippen LogP contribution in [0.3, 0.4) is 0 Å². The Kier molecular flexibility index (Phi) is 7.06. The van der Waals surface area contributed by atoms with Crippen molar-refractivity contribution in [1.29, 1.82) is 0 Å². The molecule has 29 heavy (non-hydrogen) atoms. The number of nitrogens with zero attached hydrogens (tertiary/aromatic N) is 1. The molecule has 1 heterocycles. The molecule has 0 atom stereocenters.